The first kappa shape index (κ1) is 17.0. The van der Waals surface area contributed by atoms with Crippen molar-refractivity contribution in [2.75, 3.05) is 26.2 Å². The van der Waals surface area contributed by atoms with Crippen molar-refractivity contribution in [2.24, 2.45) is 11.8 Å². The molecular formula is C19H29NO2. The van der Waals surface area contributed by atoms with Gasteiger partial charge in [0.1, 0.15) is 18.5 Å². The lowest BCUT2D eigenvalue weighted by molar-refractivity contribution is 0.0427. The minimum Gasteiger partial charge on any atom is -0.491 e. The minimum atomic E-state index is -0.450. The highest BCUT2D eigenvalue weighted by Crippen LogP contribution is 2.22. The molecule has 1 aromatic rings. The first-order chi connectivity index (χ1) is 10.6. The minimum absolute atomic E-state index is 0.341. The molecule has 1 heterocycles. The second-order valence-electron chi connectivity index (χ2n) is 6.73. The van der Waals surface area contributed by atoms with E-state index in [4.69, 9.17) is 4.74 Å². The van der Waals surface area contributed by atoms with E-state index in [1.165, 1.54) is 6.42 Å². The molecule has 1 aliphatic heterocycles. The average molecular weight is 303 g/mol. The number of nitrogens with zero attached hydrogens (tertiary/aromatic N) is 1. The van der Waals surface area contributed by atoms with Gasteiger partial charge in [0.05, 0.1) is 0 Å². The number of aliphatic hydroxyl groups is 1. The number of β-amino-alcohol motifs (C(OH)–C–C–N with tert-alkyl or cyclic N) is 1. The molecule has 0 aromatic heterocycles. The van der Waals surface area contributed by atoms with E-state index in [9.17, 15) is 5.11 Å². The predicted molar refractivity (Wildman–Crippen MR) is 91.2 cm³/mol. The zero-order valence-electron chi connectivity index (χ0n) is 13.9. The number of allylic oxidation sites excluding steroid dienone is 1. The van der Waals surface area contributed by atoms with Crippen molar-refractivity contribution in [1.29, 1.82) is 0 Å². The van der Waals surface area contributed by atoms with Crippen LogP contribution in [0.3, 0.4) is 0 Å². The molecule has 3 heteroatoms. The third-order valence-corrected chi connectivity index (χ3v) is 4.18. The summed E-state index contributed by atoms with van der Waals surface area (Å²) >= 11 is 0. The van der Waals surface area contributed by atoms with Crippen LogP contribution in [0.4, 0.5) is 0 Å². The molecule has 0 saturated carbocycles. The predicted octanol–water partition coefficient (Wildman–Crippen LogP) is 3.13. The molecule has 1 aromatic carbocycles. The molecule has 3 nitrogen and oxygen atoms in total. The summed E-state index contributed by atoms with van der Waals surface area (Å²) in [5.74, 6) is 2.28. The molecular weight excluding hydrogens is 274 g/mol. The van der Waals surface area contributed by atoms with E-state index in [-0.39, 0.29) is 0 Å². The Morgan fingerprint density at radius 1 is 1.32 bits per heavy atom. The van der Waals surface area contributed by atoms with Crippen molar-refractivity contribution in [2.45, 2.75) is 32.8 Å². The van der Waals surface area contributed by atoms with Gasteiger partial charge in [-0.25, -0.2) is 0 Å². The Balaban J connectivity index is 1.82. The van der Waals surface area contributed by atoms with Gasteiger partial charge < -0.3 is 14.7 Å². The number of benzene rings is 1. The summed E-state index contributed by atoms with van der Waals surface area (Å²) in [4.78, 5) is 2.36. The molecule has 0 aliphatic carbocycles. The number of ether oxygens (including phenoxy) is 1. The molecule has 122 valence electrons. The summed E-state index contributed by atoms with van der Waals surface area (Å²) < 4.78 is 5.82. The Morgan fingerprint density at radius 2 is 2.00 bits per heavy atom. The maximum Gasteiger partial charge on any atom is 0.122 e. The zero-order valence-corrected chi connectivity index (χ0v) is 13.9. The Kier molecular flexibility index (Phi) is 6.47. The van der Waals surface area contributed by atoms with Gasteiger partial charge in [-0.05, 0) is 36.3 Å². The fourth-order valence-corrected chi connectivity index (χ4v) is 3.45. The van der Waals surface area contributed by atoms with E-state index in [0.717, 1.165) is 30.8 Å². The Labute approximate surface area is 134 Å². The summed E-state index contributed by atoms with van der Waals surface area (Å²) in [6, 6.07) is 7.95. The Hall–Kier alpha value is -1.32. The SMILES string of the molecule is C=CCc1ccccc1OC[C@@H](O)CN1C[C@H](C)C[C@H](C)C1. The number of aliphatic hydroxyl groups excluding tert-OH is 1. The number of para-hydroxylation sites is 1. The maximum absolute atomic E-state index is 10.3. The molecule has 0 unspecified atom stereocenters. The molecule has 0 radical (unpaired) electrons. The van der Waals surface area contributed by atoms with Crippen LogP contribution in [-0.2, 0) is 6.42 Å². The number of hydrogen-bond acceptors (Lipinski definition) is 3. The van der Waals surface area contributed by atoms with Gasteiger partial charge in [0.15, 0.2) is 0 Å². The van der Waals surface area contributed by atoms with Gasteiger partial charge in [0.25, 0.3) is 0 Å². The van der Waals surface area contributed by atoms with Crippen molar-refractivity contribution >= 4 is 0 Å². The van der Waals surface area contributed by atoms with E-state index < -0.39 is 6.10 Å². The van der Waals surface area contributed by atoms with Crippen LogP contribution >= 0.6 is 0 Å². The number of likely N-dealkylation sites (tertiary alicyclic amines) is 1. The van der Waals surface area contributed by atoms with Crippen molar-refractivity contribution in [3.63, 3.8) is 0 Å². The molecule has 22 heavy (non-hydrogen) atoms. The molecule has 0 bridgehead atoms. The smallest absolute Gasteiger partial charge is 0.122 e. The lowest BCUT2D eigenvalue weighted by atomic mass is 9.92. The van der Waals surface area contributed by atoms with Crippen molar-refractivity contribution in [1.82, 2.24) is 4.90 Å². The van der Waals surface area contributed by atoms with Gasteiger partial charge in [0.2, 0.25) is 0 Å². The standard InChI is InChI=1S/C19H29NO2/c1-4-7-17-8-5-6-9-19(17)22-14-18(21)13-20-11-15(2)10-16(3)12-20/h4-6,8-9,15-16,18,21H,1,7,10-14H2,2-3H3/t15-,16+,18-/m0/s1. The van der Waals surface area contributed by atoms with Crippen molar-refractivity contribution in [3.05, 3.63) is 42.5 Å². The maximum atomic E-state index is 10.3. The summed E-state index contributed by atoms with van der Waals surface area (Å²) in [5.41, 5.74) is 1.12. The molecule has 3 atom stereocenters. The zero-order chi connectivity index (χ0) is 15.9. The highest BCUT2D eigenvalue weighted by Gasteiger charge is 2.23. The average Bonchev–Trinajstić information content (AvgIpc) is 2.45. The van der Waals surface area contributed by atoms with Gasteiger partial charge in [0, 0.05) is 19.6 Å². The fraction of sp³-hybridized carbons (Fsp3) is 0.579. The van der Waals surface area contributed by atoms with Crippen LogP contribution in [0.1, 0.15) is 25.8 Å². The van der Waals surface area contributed by atoms with Gasteiger partial charge in [-0.2, -0.15) is 0 Å². The van der Waals surface area contributed by atoms with E-state index in [1.807, 2.05) is 30.3 Å². The van der Waals surface area contributed by atoms with E-state index in [2.05, 4.69) is 25.3 Å². The second kappa shape index (κ2) is 8.35. The van der Waals surface area contributed by atoms with Gasteiger partial charge in [-0.3, -0.25) is 0 Å². The van der Waals surface area contributed by atoms with Crippen LogP contribution < -0.4 is 4.74 Å². The monoisotopic (exact) mass is 303 g/mol. The van der Waals surface area contributed by atoms with Gasteiger partial charge >= 0.3 is 0 Å². The summed E-state index contributed by atoms with van der Waals surface area (Å²) in [6.45, 7) is 11.5. The number of piperidine rings is 1. The molecule has 1 N–H and O–H groups in total. The third-order valence-electron chi connectivity index (χ3n) is 4.18. The van der Waals surface area contributed by atoms with Crippen LogP contribution in [0.5, 0.6) is 5.75 Å². The van der Waals surface area contributed by atoms with Crippen molar-refractivity contribution < 1.29 is 9.84 Å². The lowest BCUT2D eigenvalue weighted by Gasteiger charge is -2.35. The van der Waals surface area contributed by atoms with Crippen LogP contribution in [0.15, 0.2) is 36.9 Å². The molecule has 0 spiro atoms. The van der Waals surface area contributed by atoms with E-state index >= 15 is 0 Å². The highest BCUT2D eigenvalue weighted by atomic mass is 16.5. The highest BCUT2D eigenvalue weighted by molar-refractivity contribution is 5.34. The van der Waals surface area contributed by atoms with Gasteiger partial charge in [-0.15, -0.1) is 6.58 Å². The van der Waals surface area contributed by atoms with Crippen LogP contribution in [0, 0.1) is 11.8 Å². The van der Waals surface area contributed by atoms with Gasteiger partial charge in [-0.1, -0.05) is 38.1 Å². The molecule has 1 saturated heterocycles. The molecule has 1 fully saturated rings. The summed E-state index contributed by atoms with van der Waals surface area (Å²) in [7, 11) is 0. The Bertz CT molecular complexity index is 464. The van der Waals surface area contributed by atoms with Crippen molar-refractivity contribution in [3.8, 4) is 5.75 Å². The van der Waals surface area contributed by atoms with E-state index in [1.54, 1.807) is 0 Å². The van der Waals surface area contributed by atoms with Crippen LogP contribution in [0.2, 0.25) is 0 Å². The Morgan fingerprint density at radius 3 is 2.68 bits per heavy atom. The fourth-order valence-electron chi connectivity index (χ4n) is 3.45. The molecule has 1 aliphatic rings. The molecule has 0 amide bonds. The van der Waals surface area contributed by atoms with E-state index in [0.29, 0.717) is 25.0 Å². The van der Waals surface area contributed by atoms with Crippen LogP contribution in [-0.4, -0.2) is 42.4 Å². The number of rotatable bonds is 7. The summed E-state index contributed by atoms with van der Waals surface area (Å²) in [5, 5.41) is 10.3. The molecule has 2 rings (SSSR count). The lowest BCUT2D eigenvalue weighted by Crippen LogP contribution is -2.44. The topological polar surface area (TPSA) is 32.7 Å². The quantitative estimate of drug-likeness (QED) is 0.786. The number of hydrogen-bond donors (Lipinski definition) is 1. The third kappa shape index (κ3) is 5.15. The first-order valence-electron chi connectivity index (χ1n) is 8.30. The first-order valence-corrected chi connectivity index (χ1v) is 8.30. The normalized spacial score (nSPS) is 24.0. The second-order valence-corrected chi connectivity index (χ2v) is 6.73. The largest absolute Gasteiger partial charge is 0.491 e. The summed E-state index contributed by atoms with van der Waals surface area (Å²) in [6.07, 6.45) is 3.50. The van der Waals surface area contributed by atoms with Crippen LogP contribution in [0.25, 0.3) is 0 Å².